The Bertz CT molecular complexity index is 596. The molecular formula is C17H19NOS. The minimum atomic E-state index is -0.345. The summed E-state index contributed by atoms with van der Waals surface area (Å²) < 4.78 is 0. The molecule has 0 spiro atoms. The van der Waals surface area contributed by atoms with Crippen LogP contribution in [0.5, 0.6) is 0 Å². The number of nitrogens with one attached hydrogen (secondary N) is 1. The number of hydrogen-bond acceptors (Lipinski definition) is 3. The number of piperidine rings is 1. The average molecular weight is 285 g/mol. The van der Waals surface area contributed by atoms with E-state index in [0.717, 1.165) is 36.4 Å². The van der Waals surface area contributed by atoms with Crippen molar-refractivity contribution in [1.29, 1.82) is 0 Å². The molecule has 104 valence electrons. The highest BCUT2D eigenvalue weighted by atomic mass is 32.1. The van der Waals surface area contributed by atoms with Crippen LogP contribution in [0.4, 0.5) is 0 Å². The molecule has 1 saturated heterocycles. The van der Waals surface area contributed by atoms with E-state index in [9.17, 15) is 4.79 Å². The number of benzene rings is 1. The van der Waals surface area contributed by atoms with Gasteiger partial charge in [-0.3, -0.25) is 4.79 Å². The highest BCUT2D eigenvalue weighted by Gasteiger charge is 2.42. The van der Waals surface area contributed by atoms with Crippen molar-refractivity contribution in [3.63, 3.8) is 0 Å². The zero-order valence-corrected chi connectivity index (χ0v) is 12.5. The van der Waals surface area contributed by atoms with Crippen molar-refractivity contribution >= 4 is 17.1 Å². The first-order chi connectivity index (χ1) is 9.74. The third-order valence-electron chi connectivity index (χ3n) is 4.29. The third kappa shape index (κ3) is 2.21. The van der Waals surface area contributed by atoms with E-state index >= 15 is 0 Å². The number of thiophene rings is 1. The lowest BCUT2D eigenvalue weighted by Gasteiger charge is -2.36. The van der Waals surface area contributed by atoms with E-state index < -0.39 is 0 Å². The van der Waals surface area contributed by atoms with Crippen LogP contribution in [-0.2, 0) is 5.41 Å². The Morgan fingerprint density at radius 2 is 1.85 bits per heavy atom. The van der Waals surface area contributed by atoms with Crippen molar-refractivity contribution < 1.29 is 4.79 Å². The minimum absolute atomic E-state index is 0.303. The number of carbonyl (C=O) groups is 1. The molecule has 0 atom stereocenters. The van der Waals surface area contributed by atoms with E-state index in [2.05, 4.69) is 17.4 Å². The van der Waals surface area contributed by atoms with Crippen LogP contribution in [0.1, 0.15) is 33.6 Å². The fourth-order valence-corrected chi connectivity index (χ4v) is 4.04. The molecule has 3 heteroatoms. The Kier molecular flexibility index (Phi) is 3.72. The first-order valence-electron chi connectivity index (χ1n) is 7.09. The van der Waals surface area contributed by atoms with E-state index in [1.165, 1.54) is 5.56 Å². The van der Waals surface area contributed by atoms with Gasteiger partial charge in [-0.1, -0.05) is 30.3 Å². The molecule has 0 radical (unpaired) electrons. The molecule has 2 aromatic rings. The van der Waals surface area contributed by atoms with E-state index in [0.29, 0.717) is 5.78 Å². The van der Waals surface area contributed by atoms with Gasteiger partial charge in [0.2, 0.25) is 0 Å². The molecule has 1 N–H and O–H groups in total. The monoisotopic (exact) mass is 285 g/mol. The van der Waals surface area contributed by atoms with Crippen molar-refractivity contribution in [2.75, 3.05) is 13.1 Å². The van der Waals surface area contributed by atoms with Gasteiger partial charge in [-0.2, -0.15) is 0 Å². The zero-order chi connectivity index (χ0) is 14.0. The molecule has 1 fully saturated rings. The van der Waals surface area contributed by atoms with Crippen molar-refractivity contribution in [3.8, 4) is 0 Å². The van der Waals surface area contributed by atoms with Crippen LogP contribution in [0.25, 0.3) is 0 Å². The van der Waals surface area contributed by atoms with E-state index in [1.54, 1.807) is 11.3 Å². The van der Waals surface area contributed by atoms with Crippen LogP contribution < -0.4 is 5.32 Å². The molecule has 0 unspecified atom stereocenters. The summed E-state index contributed by atoms with van der Waals surface area (Å²) in [6.45, 7) is 3.85. The molecule has 0 saturated carbocycles. The SMILES string of the molecule is Cc1ccsc1C(=O)C1(c2ccccc2)CCNCC1. The number of carbonyl (C=O) groups excluding carboxylic acids is 1. The van der Waals surface area contributed by atoms with Crippen molar-refractivity contribution in [3.05, 3.63) is 57.8 Å². The van der Waals surface area contributed by atoms with Gasteiger partial charge >= 0.3 is 0 Å². The summed E-state index contributed by atoms with van der Waals surface area (Å²) in [6, 6.07) is 12.3. The zero-order valence-electron chi connectivity index (χ0n) is 11.7. The van der Waals surface area contributed by atoms with Gasteiger partial charge in [0.25, 0.3) is 0 Å². The molecule has 1 aromatic carbocycles. The van der Waals surface area contributed by atoms with E-state index in [1.807, 2.05) is 36.6 Å². The highest BCUT2D eigenvalue weighted by molar-refractivity contribution is 7.12. The number of ketones is 1. The molecule has 1 aliphatic rings. The smallest absolute Gasteiger partial charge is 0.183 e. The Hall–Kier alpha value is -1.45. The number of Topliss-reactive ketones (excluding diaryl/α,β-unsaturated/α-hetero) is 1. The van der Waals surface area contributed by atoms with Gasteiger partial charge in [0, 0.05) is 0 Å². The van der Waals surface area contributed by atoms with Gasteiger partial charge in [-0.15, -0.1) is 11.3 Å². The first kappa shape index (κ1) is 13.5. The van der Waals surface area contributed by atoms with Crippen molar-refractivity contribution in [2.45, 2.75) is 25.2 Å². The molecule has 0 amide bonds. The molecule has 3 rings (SSSR count). The Morgan fingerprint density at radius 3 is 2.45 bits per heavy atom. The van der Waals surface area contributed by atoms with Gasteiger partial charge < -0.3 is 5.32 Å². The molecule has 1 aliphatic heterocycles. The molecular weight excluding hydrogens is 266 g/mol. The third-order valence-corrected chi connectivity index (χ3v) is 5.30. The van der Waals surface area contributed by atoms with Crippen LogP contribution >= 0.6 is 11.3 Å². The number of hydrogen-bond donors (Lipinski definition) is 1. The van der Waals surface area contributed by atoms with Crippen LogP contribution in [0.15, 0.2) is 41.8 Å². The predicted molar refractivity (Wildman–Crippen MR) is 83.6 cm³/mol. The van der Waals surface area contributed by atoms with Crippen LogP contribution in [0.2, 0.25) is 0 Å². The summed E-state index contributed by atoms with van der Waals surface area (Å²) in [7, 11) is 0. The first-order valence-corrected chi connectivity index (χ1v) is 7.97. The molecule has 1 aromatic heterocycles. The second kappa shape index (κ2) is 5.51. The average Bonchev–Trinajstić information content (AvgIpc) is 2.94. The summed E-state index contributed by atoms with van der Waals surface area (Å²) in [5.74, 6) is 0.303. The van der Waals surface area contributed by atoms with Crippen molar-refractivity contribution in [2.24, 2.45) is 0 Å². The maximum atomic E-state index is 13.2. The molecule has 2 heterocycles. The second-order valence-corrected chi connectivity index (χ2v) is 6.38. The van der Waals surface area contributed by atoms with Gasteiger partial charge in [0.1, 0.15) is 0 Å². The maximum absolute atomic E-state index is 13.2. The maximum Gasteiger partial charge on any atom is 0.183 e. The lowest BCUT2D eigenvalue weighted by Crippen LogP contribution is -2.45. The summed E-state index contributed by atoms with van der Waals surface area (Å²) in [6.07, 6.45) is 1.76. The molecule has 0 aliphatic carbocycles. The normalized spacial score (nSPS) is 17.9. The molecule has 20 heavy (non-hydrogen) atoms. The Morgan fingerprint density at radius 1 is 1.15 bits per heavy atom. The minimum Gasteiger partial charge on any atom is -0.317 e. The van der Waals surface area contributed by atoms with Gasteiger partial charge in [-0.05, 0) is 55.4 Å². The Balaban J connectivity index is 2.07. The Labute approximate surface area is 123 Å². The highest BCUT2D eigenvalue weighted by Crippen LogP contribution is 2.38. The largest absolute Gasteiger partial charge is 0.317 e. The van der Waals surface area contributed by atoms with Gasteiger partial charge in [0.15, 0.2) is 5.78 Å². The van der Waals surface area contributed by atoms with Gasteiger partial charge in [-0.25, -0.2) is 0 Å². The lowest BCUT2D eigenvalue weighted by molar-refractivity contribution is 0.0851. The van der Waals surface area contributed by atoms with Crippen LogP contribution in [-0.4, -0.2) is 18.9 Å². The standard InChI is InChI=1S/C17H19NOS/c1-13-7-12-20-15(13)16(19)17(8-10-18-11-9-17)14-5-3-2-4-6-14/h2-7,12,18H,8-11H2,1H3. The number of rotatable bonds is 3. The van der Waals surface area contributed by atoms with Crippen molar-refractivity contribution in [1.82, 2.24) is 5.32 Å². The summed E-state index contributed by atoms with van der Waals surface area (Å²) in [5, 5.41) is 5.39. The lowest BCUT2D eigenvalue weighted by atomic mass is 9.69. The summed E-state index contributed by atoms with van der Waals surface area (Å²) in [5.41, 5.74) is 1.93. The van der Waals surface area contributed by atoms with Gasteiger partial charge in [0.05, 0.1) is 10.3 Å². The van der Waals surface area contributed by atoms with Crippen LogP contribution in [0, 0.1) is 6.92 Å². The quantitative estimate of drug-likeness (QED) is 0.874. The number of aryl methyl sites for hydroxylation is 1. The summed E-state index contributed by atoms with van der Waals surface area (Å²) >= 11 is 1.57. The van der Waals surface area contributed by atoms with E-state index in [-0.39, 0.29) is 5.41 Å². The molecule has 0 bridgehead atoms. The van der Waals surface area contributed by atoms with Crippen LogP contribution in [0.3, 0.4) is 0 Å². The topological polar surface area (TPSA) is 29.1 Å². The van der Waals surface area contributed by atoms with E-state index in [4.69, 9.17) is 0 Å². The molecule has 2 nitrogen and oxygen atoms in total. The fraction of sp³-hybridized carbons (Fsp3) is 0.353. The second-order valence-electron chi connectivity index (χ2n) is 5.46. The predicted octanol–water partition coefficient (Wildman–Crippen LogP) is 3.56. The summed E-state index contributed by atoms with van der Waals surface area (Å²) in [4.78, 5) is 14.1. The fourth-order valence-electron chi connectivity index (χ4n) is 3.08.